The summed E-state index contributed by atoms with van der Waals surface area (Å²) in [4.78, 5) is 13.3. The number of ether oxygens (including phenoxy) is 1. The third-order valence-electron chi connectivity index (χ3n) is 2.34. The van der Waals surface area contributed by atoms with Crippen LogP contribution in [0.1, 0.15) is 12.5 Å². The van der Waals surface area contributed by atoms with Gasteiger partial charge in [-0.1, -0.05) is 18.2 Å². The highest BCUT2D eigenvalue weighted by molar-refractivity contribution is 6.29. The fraction of sp³-hybridized carbons (Fsp3) is 0.417. The van der Waals surface area contributed by atoms with Crippen molar-refractivity contribution < 1.29 is 9.53 Å². The van der Waals surface area contributed by atoms with Crippen molar-refractivity contribution in [3.05, 3.63) is 29.8 Å². The van der Waals surface area contributed by atoms with Crippen LogP contribution in [0.25, 0.3) is 0 Å². The van der Waals surface area contributed by atoms with E-state index in [1.165, 1.54) is 4.90 Å². The molecule has 4 nitrogen and oxygen atoms in total. The van der Waals surface area contributed by atoms with Gasteiger partial charge in [0.05, 0.1) is 5.69 Å². The molecule has 0 spiro atoms. The fourth-order valence-electron chi connectivity index (χ4n) is 1.48. The highest BCUT2D eigenvalue weighted by atomic mass is 35.5. The van der Waals surface area contributed by atoms with Gasteiger partial charge in [0, 0.05) is 13.2 Å². The average Bonchev–Trinajstić information content (AvgIpc) is 2.39. The summed E-state index contributed by atoms with van der Waals surface area (Å²) in [6, 6.07) is 7.46. The maximum absolute atomic E-state index is 11.8. The molecule has 0 aromatic heterocycles. The Bertz CT molecular complexity index is 371. The number of benzene rings is 1. The van der Waals surface area contributed by atoms with Gasteiger partial charge in [-0.2, -0.15) is 0 Å². The summed E-state index contributed by atoms with van der Waals surface area (Å²) in [7, 11) is 0. The monoisotopic (exact) mass is 256 g/mol. The number of alkyl halides is 1. The van der Waals surface area contributed by atoms with Crippen molar-refractivity contribution in [1.29, 1.82) is 0 Å². The molecule has 0 aliphatic carbocycles. The molecule has 0 fully saturated rings. The summed E-state index contributed by atoms with van der Waals surface area (Å²) >= 11 is 5.59. The summed E-state index contributed by atoms with van der Waals surface area (Å²) in [5, 5.41) is 0. The van der Waals surface area contributed by atoms with Crippen molar-refractivity contribution in [3.8, 4) is 0 Å². The molecule has 0 atom stereocenters. The minimum Gasteiger partial charge on any atom is -0.361 e. The van der Waals surface area contributed by atoms with E-state index in [1.807, 2.05) is 31.2 Å². The quantitative estimate of drug-likeness (QED) is 0.623. The van der Waals surface area contributed by atoms with Crippen molar-refractivity contribution in [1.82, 2.24) is 0 Å². The Hall–Kier alpha value is -1.10. The van der Waals surface area contributed by atoms with E-state index in [2.05, 4.69) is 0 Å². The van der Waals surface area contributed by atoms with E-state index >= 15 is 0 Å². The van der Waals surface area contributed by atoms with Crippen LogP contribution < -0.4 is 10.6 Å². The van der Waals surface area contributed by atoms with Crippen LogP contribution in [-0.2, 0) is 16.1 Å². The number of rotatable bonds is 6. The Labute approximate surface area is 106 Å². The molecule has 1 amide bonds. The number of carbonyl (C=O) groups is 1. The van der Waals surface area contributed by atoms with Gasteiger partial charge in [0.25, 0.3) is 0 Å². The number of anilines is 1. The maximum Gasteiger partial charge on any atom is 0.243 e. The fourth-order valence-corrected chi connectivity index (χ4v) is 1.62. The first kappa shape index (κ1) is 14.0. The van der Waals surface area contributed by atoms with Crippen LogP contribution >= 0.6 is 11.6 Å². The number of amides is 1. The minimum absolute atomic E-state index is 0.0774. The molecule has 0 unspecified atom stereocenters. The van der Waals surface area contributed by atoms with Crippen molar-refractivity contribution >= 4 is 23.2 Å². The highest BCUT2D eigenvalue weighted by Gasteiger charge is 2.16. The number of nitrogens with two attached hydrogens (primary N) is 1. The Morgan fingerprint density at radius 3 is 2.76 bits per heavy atom. The second-order valence-electron chi connectivity index (χ2n) is 3.41. The van der Waals surface area contributed by atoms with Gasteiger partial charge in [-0.15, -0.1) is 11.6 Å². The first-order chi connectivity index (χ1) is 8.24. The van der Waals surface area contributed by atoms with Gasteiger partial charge in [-0.3, -0.25) is 9.69 Å². The van der Waals surface area contributed by atoms with Crippen molar-refractivity contribution in [2.45, 2.75) is 13.5 Å². The standard InChI is InChI=1S/C12H17ClN2O2/c1-2-17-9-15(12(16)7-13)11-6-4-3-5-10(11)8-14/h3-6H,2,7-9,14H2,1H3. The van der Waals surface area contributed by atoms with Crippen LogP contribution in [0, 0.1) is 0 Å². The predicted octanol–water partition coefficient (Wildman–Crippen LogP) is 1.71. The number of halogens is 1. The van der Waals surface area contributed by atoms with Gasteiger partial charge in [-0.25, -0.2) is 0 Å². The van der Waals surface area contributed by atoms with Crippen LogP contribution in [0.4, 0.5) is 5.69 Å². The SMILES string of the molecule is CCOCN(C(=O)CCl)c1ccccc1CN. The molecule has 0 aliphatic rings. The lowest BCUT2D eigenvalue weighted by atomic mass is 10.1. The number of hydrogen-bond donors (Lipinski definition) is 1. The molecule has 0 saturated carbocycles. The van der Waals surface area contributed by atoms with Gasteiger partial charge in [-0.05, 0) is 18.6 Å². The van der Waals surface area contributed by atoms with Gasteiger partial charge >= 0.3 is 0 Å². The van der Waals surface area contributed by atoms with Crippen LogP contribution in [-0.4, -0.2) is 25.1 Å². The summed E-state index contributed by atoms with van der Waals surface area (Å²) in [5.41, 5.74) is 7.30. The zero-order valence-corrected chi connectivity index (χ0v) is 10.6. The Morgan fingerprint density at radius 1 is 1.47 bits per heavy atom. The van der Waals surface area contributed by atoms with Crippen LogP contribution in [0.15, 0.2) is 24.3 Å². The number of carbonyl (C=O) groups excluding carboxylic acids is 1. The highest BCUT2D eigenvalue weighted by Crippen LogP contribution is 2.20. The summed E-state index contributed by atoms with van der Waals surface area (Å²) in [6.07, 6.45) is 0. The van der Waals surface area contributed by atoms with Crippen molar-refractivity contribution in [2.24, 2.45) is 5.73 Å². The molecule has 94 valence electrons. The zero-order chi connectivity index (χ0) is 12.7. The first-order valence-corrected chi connectivity index (χ1v) is 6.00. The predicted molar refractivity (Wildman–Crippen MR) is 69.0 cm³/mol. The molecule has 0 saturated heterocycles. The summed E-state index contributed by atoms with van der Waals surface area (Å²) in [5.74, 6) is -0.271. The molecule has 0 bridgehead atoms. The molecule has 17 heavy (non-hydrogen) atoms. The van der Waals surface area contributed by atoms with E-state index in [-0.39, 0.29) is 18.5 Å². The zero-order valence-electron chi connectivity index (χ0n) is 9.86. The van der Waals surface area contributed by atoms with Crippen LogP contribution in [0.5, 0.6) is 0 Å². The Kier molecular flexibility index (Phi) is 5.97. The smallest absolute Gasteiger partial charge is 0.243 e. The third-order valence-corrected chi connectivity index (χ3v) is 2.57. The van der Waals surface area contributed by atoms with E-state index in [0.717, 1.165) is 11.3 Å². The molecule has 0 aliphatic heterocycles. The maximum atomic E-state index is 11.8. The Balaban J connectivity index is 2.98. The van der Waals surface area contributed by atoms with Gasteiger partial charge in [0.15, 0.2) is 0 Å². The Morgan fingerprint density at radius 2 is 2.18 bits per heavy atom. The average molecular weight is 257 g/mol. The van der Waals surface area contributed by atoms with E-state index in [0.29, 0.717) is 13.2 Å². The lowest BCUT2D eigenvalue weighted by Crippen LogP contribution is -2.35. The van der Waals surface area contributed by atoms with E-state index in [4.69, 9.17) is 22.1 Å². The van der Waals surface area contributed by atoms with Gasteiger partial charge in [0.2, 0.25) is 5.91 Å². The molecular formula is C12H17ClN2O2. The first-order valence-electron chi connectivity index (χ1n) is 5.46. The number of nitrogens with zero attached hydrogens (tertiary/aromatic N) is 1. The van der Waals surface area contributed by atoms with Gasteiger partial charge < -0.3 is 10.5 Å². The van der Waals surface area contributed by atoms with E-state index in [9.17, 15) is 4.79 Å². The molecular weight excluding hydrogens is 240 g/mol. The third kappa shape index (κ3) is 3.70. The lowest BCUT2D eigenvalue weighted by molar-refractivity contribution is -0.117. The van der Waals surface area contributed by atoms with Crippen molar-refractivity contribution in [3.63, 3.8) is 0 Å². The van der Waals surface area contributed by atoms with E-state index < -0.39 is 0 Å². The molecule has 1 aromatic rings. The van der Waals surface area contributed by atoms with Gasteiger partial charge in [0.1, 0.15) is 12.6 Å². The largest absolute Gasteiger partial charge is 0.361 e. The molecule has 2 N–H and O–H groups in total. The number of hydrogen-bond acceptors (Lipinski definition) is 3. The number of para-hydroxylation sites is 1. The molecule has 1 rings (SSSR count). The minimum atomic E-state index is -0.194. The van der Waals surface area contributed by atoms with Crippen LogP contribution in [0.2, 0.25) is 0 Å². The lowest BCUT2D eigenvalue weighted by Gasteiger charge is -2.23. The molecule has 0 radical (unpaired) electrons. The molecule has 1 aromatic carbocycles. The van der Waals surface area contributed by atoms with Crippen molar-refractivity contribution in [2.75, 3.05) is 24.1 Å². The second kappa shape index (κ2) is 7.27. The topological polar surface area (TPSA) is 55.6 Å². The molecule has 5 heteroatoms. The second-order valence-corrected chi connectivity index (χ2v) is 3.68. The molecule has 0 heterocycles. The van der Waals surface area contributed by atoms with Crippen LogP contribution in [0.3, 0.4) is 0 Å². The van der Waals surface area contributed by atoms with E-state index in [1.54, 1.807) is 0 Å². The normalized spacial score (nSPS) is 10.3. The summed E-state index contributed by atoms with van der Waals surface area (Å²) < 4.78 is 5.28. The summed E-state index contributed by atoms with van der Waals surface area (Å²) in [6.45, 7) is 2.97.